The number of ether oxygens (including phenoxy) is 2. The van der Waals surface area contributed by atoms with Crippen LogP contribution >= 0.6 is 7.82 Å². The maximum absolute atomic E-state index is 12.8. The predicted molar refractivity (Wildman–Crippen MR) is 285 cm³/mol. The van der Waals surface area contributed by atoms with Crippen molar-refractivity contribution < 1.29 is 42.4 Å². The fourth-order valence-corrected chi connectivity index (χ4v) is 9.01. The van der Waals surface area contributed by atoms with E-state index < -0.39 is 32.5 Å². The Kier molecular flexibility index (Phi) is 51.3. The number of carbonyl (C=O) groups excluding carboxylic acids is 3. The fourth-order valence-electron chi connectivity index (χ4n) is 8.26. The van der Waals surface area contributed by atoms with Crippen molar-refractivity contribution in [3.63, 3.8) is 0 Å². The third kappa shape index (κ3) is 51.8. The van der Waals surface area contributed by atoms with Crippen LogP contribution in [-0.4, -0.2) is 55.2 Å². The first kappa shape index (κ1) is 66.0. The lowest BCUT2D eigenvalue weighted by atomic mass is 10.0. The Bertz CT molecular complexity index is 1230. The Hall–Kier alpha value is -2.00. The van der Waals surface area contributed by atoms with E-state index >= 15 is 0 Å². The third-order valence-corrected chi connectivity index (χ3v) is 13.6. The lowest BCUT2D eigenvalue weighted by Gasteiger charge is -2.20. The molecular weight excluding hydrogens is 874 g/mol. The summed E-state index contributed by atoms with van der Waals surface area (Å²) in [6, 6.07) is 0. The average molecular weight is 982 g/mol. The Morgan fingerprint density at radius 2 is 0.779 bits per heavy atom. The van der Waals surface area contributed by atoms with Crippen molar-refractivity contribution in [1.29, 1.82) is 0 Å². The van der Waals surface area contributed by atoms with Crippen LogP contribution in [0.5, 0.6) is 0 Å². The Morgan fingerprint density at radius 3 is 1.19 bits per heavy atom. The van der Waals surface area contributed by atoms with Gasteiger partial charge in [-0.3, -0.25) is 23.4 Å². The van der Waals surface area contributed by atoms with Gasteiger partial charge in [0.05, 0.1) is 13.2 Å². The van der Waals surface area contributed by atoms with Gasteiger partial charge in [0.1, 0.15) is 6.61 Å². The van der Waals surface area contributed by atoms with Gasteiger partial charge in [-0.05, 0) is 70.6 Å². The lowest BCUT2D eigenvalue weighted by Crippen LogP contribution is -2.30. The summed E-state index contributed by atoms with van der Waals surface area (Å²) in [5, 5.41) is 2.74. The van der Waals surface area contributed by atoms with Gasteiger partial charge < -0.3 is 19.7 Å². The first-order valence-corrected chi connectivity index (χ1v) is 30.3. The molecule has 0 saturated carbocycles. The van der Waals surface area contributed by atoms with Gasteiger partial charge in [-0.15, -0.1) is 0 Å². The summed E-state index contributed by atoms with van der Waals surface area (Å²) in [4.78, 5) is 48.1. The van der Waals surface area contributed by atoms with Gasteiger partial charge in [0.15, 0.2) is 6.10 Å². The molecule has 400 valence electrons. The molecule has 0 aromatic carbocycles. The molecule has 10 nitrogen and oxygen atoms in total. The summed E-state index contributed by atoms with van der Waals surface area (Å²) in [5.74, 6) is -0.991. The number of rotatable bonds is 54. The number of carbonyl (C=O) groups is 3. The molecule has 2 atom stereocenters. The van der Waals surface area contributed by atoms with E-state index in [1.807, 2.05) is 0 Å². The number of esters is 2. The van der Waals surface area contributed by atoms with Crippen LogP contribution in [0.2, 0.25) is 0 Å². The third-order valence-electron chi connectivity index (χ3n) is 12.6. The molecule has 0 aromatic heterocycles. The zero-order valence-electron chi connectivity index (χ0n) is 44.6. The van der Waals surface area contributed by atoms with Crippen LogP contribution in [0.15, 0.2) is 24.3 Å². The molecular formula is C57H108NO9P. The highest BCUT2D eigenvalue weighted by Gasteiger charge is 2.26. The van der Waals surface area contributed by atoms with Gasteiger partial charge in [0.25, 0.3) is 0 Å². The number of amides is 1. The quantitative estimate of drug-likeness (QED) is 0.0264. The van der Waals surface area contributed by atoms with Gasteiger partial charge in [0, 0.05) is 25.8 Å². The van der Waals surface area contributed by atoms with Crippen LogP contribution in [0, 0.1) is 0 Å². The minimum absolute atomic E-state index is 0.0630. The largest absolute Gasteiger partial charge is 0.472 e. The summed E-state index contributed by atoms with van der Waals surface area (Å²) in [6.07, 6.45) is 55.4. The molecule has 0 rings (SSSR count). The molecule has 2 N–H and O–H groups in total. The molecule has 0 bridgehead atoms. The fraction of sp³-hybridized carbons (Fsp3) is 0.877. The minimum atomic E-state index is -4.54. The van der Waals surface area contributed by atoms with E-state index in [0.717, 1.165) is 83.5 Å². The standard InChI is InChI=1S/C57H108NO9P/c1-4-7-10-13-16-19-22-25-26-27-28-31-34-37-40-43-46-49-57(61)67-54(52-64-56(60)48-45-42-39-36-33-30-24-21-18-15-12-9-6-3)53-66-68(62,63)65-51-50-58-55(59)47-44-41-38-35-32-29-23-20-17-14-11-8-5-2/h21,24,27-28,54H,4-20,22-23,25-26,29-53H2,1-3H3,(H,58,59)(H,62,63)/b24-21-,28-27-/t54-/m1/s1. The van der Waals surface area contributed by atoms with Crippen LogP contribution in [0.1, 0.15) is 290 Å². The van der Waals surface area contributed by atoms with E-state index in [4.69, 9.17) is 18.5 Å². The molecule has 0 heterocycles. The monoisotopic (exact) mass is 982 g/mol. The van der Waals surface area contributed by atoms with Gasteiger partial charge in [-0.2, -0.15) is 0 Å². The molecule has 11 heteroatoms. The number of phosphoric acid groups is 1. The van der Waals surface area contributed by atoms with Crippen LogP contribution in [0.25, 0.3) is 0 Å². The maximum Gasteiger partial charge on any atom is 0.472 e. The highest BCUT2D eigenvalue weighted by Crippen LogP contribution is 2.43. The molecule has 0 aliphatic heterocycles. The smallest absolute Gasteiger partial charge is 0.462 e. The molecule has 68 heavy (non-hydrogen) atoms. The van der Waals surface area contributed by atoms with Crippen molar-refractivity contribution in [1.82, 2.24) is 5.32 Å². The predicted octanol–water partition coefficient (Wildman–Crippen LogP) is 17.2. The number of phosphoric ester groups is 1. The first-order chi connectivity index (χ1) is 33.2. The average Bonchev–Trinajstić information content (AvgIpc) is 3.32. The van der Waals surface area contributed by atoms with Crippen LogP contribution in [0.4, 0.5) is 0 Å². The van der Waals surface area contributed by atoms with Gasteiger partial charge >= 0.3 is 19.8 Å². The number of unbranched alkanes of at least 4 members (excludes halogenated alkanes) is 34. The topological polar surface area (TPSA) is 137 Å². The summed E-state index contributed by atoms with van der Waals surface area (Å²) in [5.41, 5.74) is 0. The van der Waals surface area contributed by atoms with Crippen LogP contribution in [-0.2, 0) is 37.5 Å². The number of hydrogen-bond acceptors (Lipinski definition) is 8. The van der Waals surface area contributed by atoms with Gasteiger partial charge in [-0.1, -0.05) is 225 Å². The van der Waals surface area contributed by atoms with Crippen molar-refractivity contribution >= 4 is 25.7 Å². The van der Waals surface area contributed by atoms with E-state index in [1.165, 1.54) is 154 Å². The van der Waals surface area contributed by atoms with E-state index in [0.29, 0.717) is 19.3 Å². The van der Waals surface area contributed by atoms with Crippen molar-refractivity contribution in [2.75, 3.05) is 26.4 Å². The van der Waals surface area contributed by atoms with Crippen molar-refractivity contribution in [2.24, 2.45) is 0 Å². The normalized spacial score (nSPS) is 13.1. The molecule has 0 spiro atoms. The first-order valence-electron chi connectivity index (χ1n) is 28.8. The zero-order valence-corrected chi connectivity index (χ0v) is 45.5. The van der Waals surface area contributed by atoms with Crippen molar-refractivity contribution in [3.8, 4) is 0 Å². The molecule has 1 amide bonds. The SMILES string of the molecule is CCCCCC/C=C\CCCCCCCC(=O)OC[C@H](COP(=O)(O)OCCNC(=O)CCCCCCCCCCCCCCC)OC(=O)CCCCCCC/C=C\CCCCCCCCCC. The molecule has 0 radical (unpaired) electrons. The van der Waals surface area contributed by atoms with E-state index in [9.17, 15) is 23.8 Å². The molecule has 0 aliphatic carbocycles. The second kappa shape index (κ2) is 52.8. The summed E-state index contributed by atoms with van der Waals surface area (Å²) >= 11 is 0. The second-order valence-electron chi connectivity index (χ2n) is 19.4. The molecule has 0 saturated heterocycles. The van der Waals surface area contributed by atoms with Crippen LogP contribution in [0.3, 0.4) is 0 Å². The maximum atomic E-state index is 12.8. The molecule has 0 aromatic rings. The van der Waals surface area contributed by atoms with Crippen LogP contribution < -0.4 is 5.32 Å². The highest BCUT2D eigenvalue weighted by molar-refractivity contribution is 7.47. The van der Waals surface area contributed by atoms with Gasteiger partial charge in [0.2, 0.25) is 5.91 Å². The van der Waals surface area contributed by atoms with Gasteiger partial charge in [-0.25, -0.2) is 4.57 Å². The van der Waals surface area contributed by atoms with E-state index in [2.05, 4.69) is 50.4 Å². The number of allylic oxidation sites excluding steroid dienone is 4. The zero-order chi connectivity index (χ0) is 49.7. The van der Waals surface area contributed by atoms with Crippen molar-refractivity contribution in [2.45, 2.75) is 297 Å². The van der Waals surface area contributed by atoms with Crippen molar-refractivity contribution in [3.05, 3.63) is 24.3 Å². The number of nitrogens with one attached hydrogen (secondary N) is 1. The van der Waals surface area contributed by atoms with E-state index in [-0.39, 0.29) is 38.5 Å². The summed E-state index contributed by atoms with van der Waals surface area (Å²) in [6.45, 7) is 5.83. The Labute approximate surface area is 419 Å². The summed E-state index contributed by atoms with van der Waals surface area (Å²) in [7, 11) is -4.54. The lowest BCUT2D eigenvalue weighted by molar-refractivity contribution is -0.161. The highest BCUT2D eigenvalue weighted by atomic mass is 31.2. The Morgan fingerprint density at radius 1 is 0.441 bits per heavy atom. The number of hydrogen-bond donors (Lipinski definition) is 2. The minimum Gasteiger partial charge on any atom is -0.462 e. The van der Waals surface area contributed by atoms with E-state index in [1.54, 1.807) is 0 Å². The molecule has 1 unspecified atom stereocenters. The Balaban J connectivity index is 4.52. The molecule has 0 aliphatic rings. The second-order valence-corrected chi connectivity index (χ2v) is 20.9. The summed E-state index contributed by atoms with van der Waals surface area (Å²) < 4.78 is 34.1. The molecule has 0 fully saturated rings.